The Morgan fingerprint density at radius 3 is 3.00 bits per heavy atom. The number of hydrogen-bond acceptors (Lipinski definition) is 6. The van der Waals surface area contributed by atoms with Crippen molar-refractivity contribution in [2.24, 2.45) is 0 Å². The van der Waals surface area contributed by atoms with E-state index in [-0.39, 0.29) is 6.04 Å². The highest BCUT2D eigenvalue weighted by atomic mass is 32.2. The van der Waals surface area contributed by atoms with Gasteiger partial charge in [0.05, 0.1) is 6.04 Å². The topological polar surface area (TPSA) is 63.0 Å². The Bertz CT molecular complexity index is 371. The van der Waals surface area contributed by atoms with E-state index >= 15 is 0 Å². The summed E-state index contributed by atoms with van der Waals surface area (Å²) in [5.41, 5.74) is 0. The number of anilines is 1. The Balaban J connectivity index is 1.94. The molecule has 1 saturated carbocycles. The number of nitrogens with zero attached hydrogens (tertiary/aromatic N) is 2. The van der Waals surface area contributed by atoms with Crippen LogP contribution in [0.25, 0.3) is 0 Å². The molecule has 1 heterocycles. The lowest BCUT2D eigenvalue weighted by Crippen LogP contribution is -2.26. The van der Waals surface area contributed by atoms with Crippen molar-refractivity contribution in [3.05, 3.63) is 5.89 Å². The van der Waals surface area contributed by atoms with Gasteiger partial charge in [0, 0.05) is 11.3 Å². The summed E-state index contributed by atoms with van der Waals surface area (Å²) in [6, 6.07) is 1.12. The first kappa shape index (κ1) is 13.7. The van der Waals surface area contributed by atoms with Crippen LogP contribution < -0.4 is 10.6 Å². The molecule has 1 aliphatic rings. The molecule has 1 aliphatic carbocycles. The fraction of sp³-hybridized carbons (Fsp3) is 0.833. The number of aromatic nitrogens is 2. The largest absolute Gasteiger partial charge is 0.406 e. The average molecular weight is 270 g/mol. The fourth-order valence-corrected chi connectivity index (χ4v) is 3.45. The third-order valence-electron chi connectivity index (χ3n) is 3.39. The van der Waals surface area contributed by atoms with Crippen molar-refractivity contribution in [2.45, 2.75) is 50.4 Å². The fourth-order valence-electron chi connectivity index (χ4n) is 2.25. The van der Waals surface area contributed by atoms with Crippen LogP contribution in [0.2, 0.25) is 0 Å². The zero-order valence-corrected chi connectivity index (χ0v) is 12.1. The zero-order chi connectivity index (χ0) is 13.0. The minimum Gasteiger partial charge on any atom is -0.406 e. The molecule has 0 radical (unpaired) electrons. The first-order valence-electron chi connectivity index (χ1n) is 6.63. The summed E-state index contributed by atoms with van der Waals surface area (Å²) in [6.07, 6.45) is 3.75. The van der Waals surface area contributed by atoms with E-state index in [0.29, 0.717) is 23.2 Å². The van der Waals surface area contributed by atoms with Gasteiger partial charge in [-0.3, -0.25) is 0 Å². The third-order valence-corrected chi connectivity index (χ3v) is 4.71. The molecule has 0 spiro atoms. The summed E-state index contributed by atoms with van der Waals surface area (Å²) >= 11 is 2.02. The van der Waals surface area contributed by atoms with Gasteiger partial charge in [0.25, 0.3) is 0 Å². The molecule has 102 valence electrons. The van der Waals surface area contributed by atoms with Crippen LogP contribution in [0.1, 0.15) is 45.0 Å². The van der Waals surface area contributed by atoms with Crippen LogP contribution in [-0.2, 0) is 0 Å². The van der Waals surface area contributed by atoms with Gasteiger partial charge in [-0.1, -0.05) is 18.4 Å². The van der Waals surface area contributed by atoms with Gasteiger partial charge >= 0.3 is 6.01 Å². The molecule has 5 nitrogen and oxygen atoms in total. The first-order chi connectivity index (χ1) is 8.74. The molecule has 1 aromatic rings. The third kappa shape index (κ3) is 3.17. The van der Waals surface area contributed by atoms with E-state index in [1.807, 2.05) is 25.7 Å². The summed E-state index contributed by atoms with van der Waals surface area (Å²) in [4.78, 5) is 0. The highest BCUT2D eigenvalue weighted by Crippen LogP contribution is 2.31. The number of thioether (sulfide) groups is 1. The normalized spacial score (nSPS) is 25.3. The van der Waals surface area contributed by atoms with Crippen LogP contribution in [0.15, 0.2) is 4.42 Å². The lowest BCUT2D eigenvalue weighted by atomic mass is 10.2. The lowest BCUT2D eigenvalue weighted by molar-refractivity contribution is 0.438. The van der Waals surface area contributed by atoms with Gasteiger partial charge in [0.2, 0.25) is 5.89 Å². The molecule has 0 aromatic carbocycles. The summed E-state index contributed by atoms with van der Waals surface area (Å²) in [5.74, 6) is 1.80. The zero-order valence-electron chi connectivity index (χ0n) is 11.3. The number of hydrogen-bond donors (Lipinski definition) is 2. The SMILES string of the molecule is CCSC1CCCC1Nc1nnc(C(C)NC)o1. The van der Waals surface area contributed by atoms with Gasteiger partial charge in [-0.15, -0.1) is 5.10 Å². The Morgan fingerprint density at radius 1 is 1.44 bits per heavy atom. The highest BCUT2D eigenvalue weighted by Gasteiger charge is 2.28. The molecule has 3 unspecified atom stereocenters. The maximum absolute atomic E-state index is 5.62. The molecule has 1 fully saturated rings. The molecule has 18 heavy (non-hydrogen) atoms. The summed E-state index contributed by atoms with van der Waals surface area (Å²) in [5, 5.41) is 15.3. The van der Waals surface area contributed by atoms with Crippen molar-refractivity contribution in [1.29, 1.82) is 0 Å². The second-order valence-electron chi connectivity index (χ2n) is 4.63. The van der Waals surface area contributed by atoms with Gasteiger partial charge in [0.1, 0.15) is 0 Å². The molecule has 2 N–H and O–H groups in total. The van der Waals surface area contributed by atoms with E-state index in [9.17, 15) is 0 Å². The van der Waals surface area contributed by atoms with Gasteiger partial charge in [-0.25, -0.2) is 0 Å². The Kier molecular flexibility index (Phi) is 4.88. The smallest absolute Gasteiger partial charge is 0.315 e. The second-order valence-corrected chi connectivity index (χ2v) is 6.15. The van der Waals surface area contributed by atoms with Crippen LogP contribution >= 0.6 is 11.8 Å². The summed E-state index contributed by atoms with van der Waals surface area (Å²) in [7, 11) is 1.88. The van der Waals surface area contributed by atoms with E-state index < -0.39 is 0 Å². The van der Waals surface area contributed by atoms with Crippen LogP contribution in [0.3, 0.4) is 0 Å². The Labute approximate surface area is 112 Å². The summed E-state index contributed by atoms with van der Waals surface area (Å²) in [6.45, 7) is 4.21. The molecule has 0 saturated heterocycles. The maximum atomic E-state index is 5.62. The number of rotatable bonds is 6. The van der Waals surface area contributed by atoms with Crippen LogP contribution in [-0.4, -0.2) is 34.3 Å². The van der Waals surface area contributed by atoms with E-state index in [2.05, 4.69) is 27.8 Å². The van der Waals surface area contributed by atoms with Crippen molar-refractivity contribution in [1.82, 2.24) is 15.5 Å². The van der Waals surface area contributed by atoms with Gasteiger partial charge < -0.3 is 15.1 Å². The Hall–Kier alpha value is -0.750. The van der Waals surface area contributed by atoms with E-state index in [1.165, 1.54) is 19.3 Å². The summed E-state index contributed by atoms with van der Waals surface area (Å²) < 4.78 is 5.62. The van der Waals surface area contributed by atoms with Crippen molar-refractivity contribution >= 4 is 17.8 Å². The Morgan fingerprint density at radius 2 is 2.28 bits per heavy atom. The first-order valence-corrected chi connectivity index (χ1v) is 7.68. The molecule has 0 aliphatic heterocycles. The predicted octanol–water partition coefficient (Wildman–Crippen LogP) is 2.44. The molecule has 1 aromatic heterocycles. The van der Waals surface area contributed by atoms with E-state index in [4.69, 9.17) is 4.42 Å². The van der Waals surface area contributed by atoms with Crippen molar-refractivity contribution in [2.75, 3.05) is 18.1 Å². The van der Waals surface area contributed by atoms with Crippen molar-refractivity contribution in [3.63, 3.8) is 0 Å². The van der Waals surface area contributed by atoms with Crippen LogP contribution in [0.4, 0.5) is 6.01 Å². The molecule has 6 heteroatoms. The molecule has 0 bridgehead atoms. The molecular formula is C12H22N4OS. The molecule has 2 rings (SSSR count). The lowest BCUT2D eigenvalue weighted by Gasteiger charge is -2.18. The van der Waals surface area contributed by atoms with Gasteiger partial charge in [0.15, 0.2) is 0 Å². The highest BCUT2D eigenvalue weighted by molar-refractivity contribution is 7.99. The maximum Gasteiger partial charge on any atom is 0.315 e. The van der Waals surface area contributed by atoms with E-state index in [0.717, 1.165) is 5.75 Å². The molecular weight excluding hydrogens is 248 g/mol. The molecule has 0 amide bonds. The average Bonchev–Trinajstić information content (AvgIpc) is 3.00. The minimum atomic E-state index is 0.0949. The monoisotopic (exact) mass is 270 g/mol. The quantitative estimate of drug-likeness (QED) is 0.828. The van der Waals surface area contributed by atoms with Gasteiger partial charge in [-0.05, 0) is 32.6 Å². The molecule has 3 atom stereocenters. The van der Waals surface area contributed by atoms with Crippen LogP contribution in [0.5, 0.6) is 0 Å². The second kappa shape index (κ2) is 6.43. The standard InChI is InChI=1S/C12H22N4OS/c1-4-18-10-7-5-6-9(10)14-12-16-15-11(17-12)8(2)13-3/h8-10,13H,4-7H2,1-3H3,(H,14,16). The van der Waals surface area contributed by atoms with Crippen molar-refractivity contribution < 1.29 is 4.42 Å². The number of nitrogens with one attached hydrogen (secondary N) is 2. The van der Waals surface area contributed by atoms with Gasteiger partial charge in [-0.2, -0.15) is 11.8 Å². The van der Waals surface area contributed by atoms with E-state index in [1.54, 1.807) is 0 Å². The van der Waals surface area contributed by atoms with Crippen LogP contribution in [0, 0.1) is 0 Å². The predicted molar refractivity (Wildman–Crippen MR) is 75.0 cm³/mol. The van der Waals surface area contributed by atoms with Crippen molar-refractivity contribution in [3.8, 4) is 0 Å². The minimum absolute atomic E-state index is 0.0949.